The van der Waals surface area contributed by atoms with Crippen molar-refractivity contribution in [1.82, 2.24) is 4.90 Å². The highest BCUT2D eigenvalue weighted by Crippen LogP contribution is 2.24. The number of Topliss-reactive ketones (excluding diaryl/α,β-unsaturated/α-hetero) is 1. The third-order valence-corrected chi connectivity index (χ3v) is 3.71. The van der Waals surface area contributed by atoms with Gasteiger partial charge >= 0.3 is 0 Å². The first-order chi connectivity index (χ1) is 8.56. The maximum absolute atomic E-state index is 13.3. The van der Waals surface area contributed by atoms with E-state index in [9.17, 15) is 9.18 Å². The number of hydrogen-bond donors (Lipinski definition) is 0. The molecule has 3 heteroatoms. The minimum Gasteiger partial charge on any atom is -0.300 e. The van der Waals surface area contributed by atoms with Gasteiger partial charge in [-0.3, -0.25) is 9.69 Å². The second-order valence-electron chi connectivity index (χ2n) is 5.24. The third-order valence-electron chi connectivity index (χ3n) is 3.71. The zero-order chi connectivity index (χ0) is 13.1. The number of aryl methyl sites for hydroxylation is 1. The number of ketones is 1. The molecular weight excluding hydrogens is 229 g/mol. The van der Waals surface area contributed by atoms with Crippen molar-refractivity contribution in [3.8, 4) is 0 Å². The number of hydrogen-bond acceptors (Lipinski definition) is 2. The molecule has 1 heterocycles. The summed E-state index contributed by atoms with van der Waals surface area (Å²) in [6, 6.07) is 5.26. The molecule has 18 heavy (non-hydrogen) atoms. The Morgan fingerprint density at radius 3 is 3.00 bits per heavy atom. The van der Waals surface area contributed by atoms with Crippen molar-refractivity contribution in [2.45, 2.75) is 45.7 Å². The zero-order valence-corrected chi connectivity index (χ0v) is 11.1. The molecular formula is C15H20FNO. The van der Waals surface area contributed by atoms with Crippen LogP contribution >= 0.6 is 0 Å². The van der Waals surface area contributed by atoms with Gasteiger partial charge in [0.1, 0.15) is 11.6 Å². The van der Waals surface area contributed by atoms with Gasteiger partial charge in [0.25, 0.3) is 0 Å². The highest BCUT2D eigenvalue weighted by molar-refractivity contribution is 5.76. The van der Waals surface area contributed by atoms with Gasteiger partial charge in [0.15, 0.2) is 0 Å². The Hall–Kier alpha value is -1.22. The maximum atomic E-state index is 13.3. The van der Waals surface area contributed by atoms with Crippen LogP contribution in [0.5, 0.6) is 0 Å². The van der Waals surface area contributed by atoms with Crippen molar-refractivity contribution >= 4 is 5.78 Å². The predicted octanol–water partition coefficient (Wildman–Crippen LogP) is 3.08. The summed E-state index contributed by atoms with van der Waals surface area (Å²) in [5.74, 6) is 0.0563. The van der Waals surface area contributed by atoms with Gasteiger partial charge < -0.3 is 0 Å². The monoisotopic (exact) mass is 249 g/mol. The Labute approximate surface area is 108 Å². The lowest BCUT2D eigenvalue weighted by Gasteiger charge is -2.24. The first-order valence-corrected chi connectivity index (χ1v) is 6.55. The SMILES string of the molecule is CC(=O)CC1CCCN1Cc1cc(F)ccc1C. The molecule has 1 atom stereocenters. The summed E-state index contributed by atoms with van der Waals surface area (Å²) in [5.41, 5.74) is 2.15. The van der Waals surface area contributed by atoms with Crippen LogP contribution in [0.15, 0.2) is 18.2 Å². The smallest absolute Gasteiger partial charge is 0.131 e. The second-order valence-corrected chi connectivity index (χ2v) is 5.24. The summed E-state index contributed by atoms with van der Waals surface area (Å²) in [7, 11) is 0. The van der Waals surface area contributed by atoms with Gasteiger partial charge in [0.05, 0.1) is 0 Å². The number of benzene rings is 1. The van der Waals surface area contributed by atoms with Crippen LogP contribution in [-0.2, 0) is 11.3 Å². The van der Waals surface area contributed by atoms with Crippen LogP contribution in [0.1, 0.15) is 37.3 Å². The Balaban J connectivity index is 2.08. The van der Waals surface area contributed by atoms with E-state index >= 15 is 0 Å². The van der Waals surface area contributed by atoms with E-state index in [1.807, 2.05) is 13.0 Å². The molecule has 2 rings (SSSR count). The highest BCUT2D eigenvalue weighted by atomic mass is 19.1. The molecule has 1 aromatic carbocycles. The average molecular weight is 249 g/mol. The second kappa shape index (κ2) is 5.61. The molecule has 98 valence electrons. The van der Waals surface area contributed by atoms with Crippen LogP contribution in [0.25, 0.3) is 0 Å². The lowest BCUT2D eigenvalue weighted by molar-refractivity contribution is -0.118. The van der Waals surface area contributed by atoms with Gasteiger partial charge in [-0.2, -0.15) is 0 Å². The van der Waals surface area contributed by atoms with E-state index in [2.05, 4.69) is 4.90 Å². The number of nitrogens with zero attached hydrogens (tertiary/aromatic N) is 1. The van der Waals surface area contributed by atoms with Crippen molar-refractivity contribution in [3.63, 3.8) is 0 Å². The highest BCUT2D eigenvalue weighted by Gasteiger charge is 2.25. The zero-order valence-electron chi connectivity index (χ0n) is 11.1. The van der Waals surface area contributed by atoms with E-state index < -0.39 is 0 Å². The van der Waals surface area contributed by atoms with Gasteiger partial charge in [0, 0.05) is 19.0 Å². The van der Waals surface area contributed by atoms with Gasteiger partial charge in [-0.15, -0.1) is 0 Å². The van der Waals surface area contributed by atoms with Crippen LogP contribution in [0, 0.1) is 12.7 Å². The Morgan fingerprint density at radius 2 is 2.28 bits per heavy atom. The van der Waals surface area contributed by atoms with E-state index in [-0.39, 0.29) is 11.6 Å². The van der Waals surface area contributed by atoms with Gasteiger partial charge in [-0.1, -0.05) is 6.07 Å². The molecule has 1 aliphatic heterocycles. The van der Waals surface area contributed by atoms with Gasteiger partial charge in [-0.05, 0) is 56.5 Å². The maximum Gasteiger partial charge on any atom is 0.131 e. The van der Waals surface area contributed by atoms with Crippen LogP contribution in [-0.4, -0.2) is 23.3 Å². The number of carbonyl (C=O) groups is 1. The van der Waals surface area contributed by atoms with E-state index in [1.165, 1.54) is 6.07 Å². The summed E-state index contributed by atoms with van der Waals surface area (Å²) < 4.78 is 13.3. The third kappa shape index (κ3) is 3.16. The molecule has 1 fully saturated rings. The molecule has 1 aromatic rings. The number of halogens is 1. The van der Waals surface area contributed by atoms with Crippen molar-refractivity contribution in [2.24, 2.45) is 0 Å². The van der Waals surface area contributed by atoms with Crippen molar-refractivity contribution < 1.29 is 9.18 Å². The minimum atomic E-state index is -0.182. The van der Waals surface area contributed by atoms with E-state index in [1.54, 1.807) is 13.0 Å². The largest absolute Gasteiger partial charge is 0.300 e. The molecule has 1 unspecified atom stereocenters. The molecule has 2 nitrogen and oxygen atoms in total. The fraction of sp³-hybridized carbons (Fsp3) is 0.533. The number of carbonyl (C=O) groups excluding carboxylic acids is 1. The topological polar surface area (TPSA) is 20.3 Å². The molecule has 1 aliphatic rings. The minimum absolute atomic E-state index is 0.182. The quantitative estimate of drug-likeness (QED) is 0.817. The van der Waals surface area contributed by atoms with Gasteiger partial charge in [0.2, 0.25) is 0 Å². The molecule has 0 N–H and O–H groups in total. The Morgan fingerprint density at radius 1 is 1.50 bits per heavy atom. The normalized spacial score (nSPS) is 20.3. The summed E-state index contributed by atoms with van der Waals surface area (Å²) in [6.45, 7) is 5.41. The van der Waals surface area contributed by atoms with Crippen molar-refractivity contribution in [3.05, 3.63) is 35.1 Å². The molecule has 0 radical (unpaired) electrons. The first kappa shape index (κ1) is 13.2. The predicted molar refractivity (Wildman–Crippen MR) is 69.9 cm³/mol. The lowest BCUT2D eigenvalue weighted by Crippen LogP contribution is -2.30. The summed E-state index contributed by atoms with van der Waals surface area (Å²) >= 11 is 0. The lowest BCUT2D eigenvalue weighted by atomic mass is 10.1. The standard InChI is InChI=1S/C15H20FNO/c1-11-5-6-14(16)9-13(11)10-17-7-3-4-15(17)8-12(2)18/h5-6,9,15H,3-4,7-8,10H2,1-2H3. The first-order valence-electron chi connectivity index (χ1n) is 6.55. The van der Waals surface area contributed by atoms with Crippen LogP contribution in [0.4, 0.5) is 4.39 Å². The summed E-state index contributed by atoms with van der Waals surface area (Å²) in [6.07, 6.45) is 2.83. The summed E-state index contributed by atoms with van der Waals surface area (Å²) in [5, 5.41) is 0. The molecule has 0 spiro atoms. The number of rotatable bonds is 4. The Bertz CT molecular complexity index is 444. The van der Waals surface area contributed by atoms with Gasteiger partial charge in [-0.25, -0.2) is 4.39 Å². The van der Waals surface area contributed by atoms with E-state index in [0.717, 1.165) is 37.1 Å². The van der Waals surface area contributed by atoms with Crippen molar-refractivity contribution in [2.75, 3.05) is 6.54 Å². The average Bonchev–Trinajstić information content (AvgIpc) is 2.70. The molecule has 1 saturated heterocycles. The van der Waals surface area contributed by atoms with Crippen LogP contribution in [0.3, 0.4) is 0 Å². The molecule has 0 bridgehead atoms. The molecule has 0 aliphatic carbocycles. The fourth-order valence-electron chi connectivity index (χ4n) is 2.70. The summed E-state index contributed by atoms with van der Waals surface area (Å²) in [4.78, 5) is 13.5. The number of likely N-dealkylation sites (tertiary alicyclic amines) is 1. The fourth-order valence-corrected chi connectivity index (χ4v) is 2.70. The Kier molecular flexibility index (Phi) is 4.12. The van der Waals surface area contributed by atoms with Crippen LogP contribution in [0.2, 0.25) is 0 Å². The molecule has 0 saturated carbocycles. The van der Waals surface area contributed by atoms with E-state index in [4.69, 9.17) is 0 Å². The van der Waals surface area contributed by atoms with Crippen LogP contribution < -0.4 is 0 Å². The molecule has 0 amide bonds. The van der Waals surface area contributed by atoms with Crippen molar-refractivity contribution in [1.29, 1.82) is 0 Å². The molecule has 0 aromatic heterocycles. The van der Waals surface area contributed by atoms with E-state index in [0.29, 0.717) is 12.5 Å².